The zero-order chi connectivity index (χ0) is 17.3. The molecule has 0 aliphatic heterocycles. The number of hydrogen-bond donors (Lipinski definition) is 2. The molecule has 2 rings (SSSR count). The van der Waals surface area contributed by atoms with Crippen LogP contribution < -0.4 is 5.32 Å². The van der Waals surface area contributed by atoms with Crippen LogP contribution in [-0.2, 0) is 18.3 Å². The van der Waals surface area contributed by atoms with E-state index in [9.17, 15) is 18.3 Å². The molecule has 0 amide bonds. The molecule has 2 N–H and O–H groups in total. The Morgan fingerprint density at radius 2 is 1.96 bits per heavy atom. The molecule has 2 aromatic heterocycles. The molecule has 4 nitrogen and oxygen atoms in total. The van der Waals surface area contributed by atoms with Crippen LogP contribution in [-0.4, -0.2) is 16.6 Å². The number of furan rings is 1. The Labute approximate surface area is 132 Å². The van der Waals surface area contributed by atoms with Gasteiger partial charge in [-0.05, 0) is 39.0 Å². The summed E-state index contributed by atoms with van der Waals surface area (Å²) in [5, 5.41) is 13.4. The Hall–Kier alpha value is -1.86. The molecule has 0 radical (unpaired) electrons. The van der Waals surface area contributed by atoms with Gasteiger partial charge in [0.25, 0.3) is 0 Å². The maximum absolute atomic E-state index is 12.9. The first-order chi connectivity index (χ1) is 10.6. The van der Waals surface area contributed by atoms with E-state index >= 15 is 0 Å². The molecule has 126 valence electrons. The van der Waals surface area contributed by atoms with E-state index in [-0.39, 0.29) is 18.8 Å². The van der Waals surface area contributed by atoms with Gasteiger partial charge in [-0.2, -0.15) is 13.2 Å². The maximum atomic E-state index is 12.9. The summed E-state index contributed by atoms with van der Waals surface area (Å²) in [6.45, 7) is 5.06. The van der Waals surface area contributed by atoms with Crippen molar-refractivity contribution >= 4 is 0 Å². The number of nitrogens with zero attached hydrogens (tertiary/aromatic N) is 1. The highest BCUT2D eigenvalue weighted by molar-refractivity contribution is 5.27. The molecule has 23 heavy (non-hydrogen) atoms. The first-order valence-electron chi connectivity index (χ1n) is 7.13. The van der Waals surface area contributed by atoms with E-state index in [1.165, 1.54) is 12.3 Å². The fraction of sp³-hybridized carbons (Fsp3) is 0.438. The van der Waals surface area contributed by atoms with Crippen molar-refractivity contribution in [2.45, 2.75) is 39.1 Å². The third-order valence-corrected chi connectivity index (χ3v) is 3.58. The van der Waals surface area contributed by atoms with E-state index in [0.717, 1.165) is 6.07 Å². The van der Waals surface area contributed by atoms with Crippen molar-refractivity contribution in [3.8, 4) is 0 Å². The normalized spacial score (nSPS) is 14.7. The van der Waals surface area contributed by atoms with Crippen molar-refractivity contribution in [2.24, 2.45) is 0 Å². The SMILES string of the molecule is Cc1cc(C(C)(O)CNCc2ncccc2C(F)(F)F)c(C)o1. The molecule has 0 saturated carbocycles. The molecule has 0 spiro atoms. The van der Waals surface area contributed by atoms with Crippen LogP contribution in [0.25, 0.3) is 0 Å². The molecule has 0 aromatic carbocycles. The molecule has 0 saturated heterocycles. The summed E-state index contributed by atoms with van der Waals surface area (Å²) in [7, 11) is 0. The Morgan fingerprint density at radius 3 is 2.52 bits per heavy atom. The van der Waals surface area contributed by atoms with Crippen LogP contribution in [0.4, 0.5) is 13.2 Å². The van der Waals surface area contributed by atoms with Crippen LogP contribution in [0.2, 0.25) is 0 Å². The van der Waals surface area contributed by atoms with Gasteiger partial charge in [0.15, 0.2) is 0 Å². The molecule has 0 bridgehead atoms. The highest BCUT2D eigenvalue weighted by atomic mass is 19.4. The first kappa shape index (κ1) is 17.5. The number of halogens is 3. The predicted molar refractivity (Wildman–Crippen MR) is 78.7 cm³/mol. The van der Waals surface area contributed by atoms with Gasteiger partial charge in [-0.15, -0.1) is 0 Å². The lowest BCUT2D eigenvalue weighted by atomic mass is 9.96. The molecule has 0 fully saturated rings. The van der Waals surface area contributed by atoms with Crippen LogP contribution >= 0.6 is 0 Å². The number of aryl methyl sites for hydroxylation is 2. The molecular formula is C16H19F3N2O2. The van der Waals surface area contributed by atoms with E-state index in [4.69, 9.17) is 4.42 Å². The first-order valence-corrected chi connectivity index (χ1v) is 7.13. The summed E-state index contributed by atoms with van der Waals surface area (Å²) < 4.78 is 44.1. The molecule has 2 heterocycles. The van der Waals surface area contributed by atoms with Crippen molar-refractivity contribution in [2.75, 3.05) is 6.54 Å². The van der Waals surface area contributed by atoms with Crippen molar-refractivity contribution in [3.05, 3.63) is 52.7 Å². The van der Waals surface area contributed by atoms with E-state index in [1.807, 2.05) is 0 Å². The zero-order valence-corrected chi connectivity index (χ0v) is 13.2. The standard InChI is InChI=1S/C16H19F3N2O2/c1-10-7-13(11(2)23-10)15(3,22)9-20-8-14-12(16(17,18)19)5-4-6-21-14/h4-7,20,22H,8-9H2,1-3H3. The van der Waals surface area contributed by atoms with Gasteiger partial charge >= 0.3 is 6.18 Å². The molecule has 7 heteroatoms. The fourth-order valence-electron chi connectivity index (χ4n) is 2.52. The average molecular weight is 328 g/mol. The zero-order valence-electron chi connectivity index (χ0n) is 13.2. The quantitative estimate of drug-likeness (QED) is 0.884. The lowest BCUT2D eigenvalue weighted by Crippen LogP contribution is -2.35. The van der Waals surface area contributed by atoms with Crippen LogP contribution in [0.15, 0.2) is 28.8 Å². The number of aromatic nitrogens is 1. The summed E-state index contributed by atoms with van der Waals surface area (Å²) >= 11 is 0. The highest BCUT2D eigenvalue weighted by Crippen LogP contribution is 2.31. The van der Waals surface area contributed by atoms with Gasteiger partial charge in [0, 0.05) is 24.8 Å². The van der Waals surface area contributed by atoms with Crippen LogP contribution in [0.1, 0.15) is 35.3 Å². The minimum Gasteiger partial charge on any atom is -0.466 e. The third-order valence-electron chi connectivity index (χ3n) is 3.58. The largest absolute Gasteiger partial charge is 0.466 e. The number of aliphatic hydroxyl groups is 1. The van der Waals surface area contributed by atoms with E-state index in [2.05, 4.69) is 10.3 Å². The minimum absolute atomic E-state index is 0.0701. The molecule has 1 atom stereocenters. The van der Waals surface area contributed by atoms with E-state index in [0.29, 0.717) is 17.1 Å². The van der Waals surface area contributed by atoms with Crippen molar-refractivity contribution in [3.63, 3.8) is 0 Å². The summed E-state index contributed by atoms with van der Waals surface area (Å²) in [4.78, 5) is 3.78. The summed E-state index contributed by atoms with van der Waals surface area (Å²) in [6.07, 6.45) is -3.14. The Bertz CT molecular complexity index is 678. The van der Waals surface area contributed by atoms with Crippen LogP contribution in [0.3, 0.4) is 0 Å². The second-order valence-electron chi connectivity index (χ2n) is 5.70. The van der Waals surface area contributed by atoms with Crippen molar-refractivity contribution < 1.29 is 22.7 Å². The Kier molecular flexibility index (Phi) is 4.81. The lowest BCUT2D eigenvalue weighted by molar-refractivity contribution is -0.138. The van der Waals surface area contributed by atoms with Gasteiger partial charge in [0.1, 0.15) is 17.1 Å². The molecule has 0 aliphatic carbocycles. The fourth-order valence-corrected chi connectivity index (χ4v) is 2.52. The molecule has 1 unspecified atom stereocenters. The number of nitrogens with one attached hydrogen (secondary N) is 1. The van der Waals surface area contributed by atoms with Gasteiger partial charge in [0.2, 0.25) is 0 Å². The van der Waals surface area contributed by atoms with Gasteiger partial charge in [0.05, 0.1) is 11.3 Å². The van der Waals surface area contributed by atoms with E-state index in [1.54, 1.807) is 26.8 Å². The van der Waals surface area contributed by atoms with Crippen LogP contribution in [0.5, 0.6) is 0 Å². The second-order valence-corrected chi connectivity index (χ2v) is 5.70. The summed E-state index contributed by atoms with van der Waals surface area (Å²) in [6, 6.07) is 3.96. The summed E-state index contributed by atoms with van der Waals surface area (Å²) in [5.41, 5.74) is -1.52. The topological polar surface area (TPSA) is 58.3 Å². The highest BCUT2D eigenvalue weighted by Gasteiger charge is 2.34. The predicted octanol–water partition coefficient (Wildman–Crippen LogP) is 3.31. The maximum Gasteiger partial charge on any atom is 0.418 e. The second kappa shape index (κ2) is 6.33. The van der Waals surface area contributed by atoms with Crippen molar-refractivity contribution in [1.82, 2.24) is 10.3 Å². The van der Waals surface area contributed by atoms with Gasteiger partial charge in [-0.25, -0.2) is 0 Å². The smallest absolute Gasteiger partial charge is 0.418 e. The Balaban J connectivity index is 2.07. The molecule has 0 aliphatic rings. The Morgan fingerprint density at radius 1 is 1.26 bits per heavy atom. The third kappa shape index (κ3) is 4.11. The van der Waals surface area contributed by atoms with Gasteiger partial charge in [-0.3, -0.25) is 4.98 Å². The van der Waals surface area contributed by atoms with E-state index < -0.39 is 17.3 Å². The number of hydrogen-bond acceptors (Lipinski definition) is 4. The monoisotopic (exact) mass is 328 g/mol. The van der Waals surface area contributed by atoms with Gasteiger partial charge in [-0.1, -0.05) is 0 Å². The number of pyridine rings is 1. The average Bonchev–Trinajstić information content (AvgIpc) is 2.78. The number of rotatable bonds is 5. The molecule has 2 aromatic rings. The molecular weight excluding hydrogens is 309 g/mol. The summed E-state index contributed by atoms with van der Waals surface area (Å²) in [5.74, 6) is 1.25. The van der Waals surface area contributed by atoms with Crippen molar-refractivity contribution in [1.29, 1.82) is 0 Å². The van der Waals surface area contributed by atoms with Gasteiger partial charge < -0.3 is 14.8 Å². The number of alkyl halides is 3. The lowest BCUT2D eigenvalue weighted by Gasteiger charge is -2.23. The van der Waals surface area contributed by atoms with Crippen LogP contribution in [0, 0.1) is 13.8 Å². The minimum atomic E-state index is -4.45.